The van der Waals surface area contributed by atoms with Gasteiger partial charge in [-0.05, 0) is 101 Å². The third-order valence-electron chi connectivity index (χ3n) is 12.1. The zero-order valence-electron chi connectivity index (χ0n) is 31.9. The predicted molar refractivity (Wildman–Crippen MR) is 239 cm³/mol. The van der Waals surface area contributed by atoms with Gasteiger partial charge in [0.15, 0.2) is 5.82 Å². The van der Waals surface area contributed by atoms with Crippen LogP contribution >= 0.6 is 0 Å². The summed E-state index contributed by atoms with van der Waals surface area (Å²) in [7, 11) is 0. The first kappa shape index (κ1) is 33.2. The van der Waals surface area contributed by atoms with Crippen LogP contribution in [0.25, 0.3) is 99.6 Å². The van der Waals surface area contributed by atoms with Crippen LogP contribution in [0.5, 0.6) is 0 Å². The molecule has 0 saturated heterocycles. The van der Waals surface area contributed by atoms with Crippen LogP contribution in [0.3, 0.4) is 0 Å². The SMILES string of the molecule is CC1(C)c2ccccc2-c2ccc(-c3ccc(-c4cc(-c5cccc(-c6c7ccccc7cc7c6ccc6ccccc67)c5)nc(-c5ccccc5)n4)cc3)cc21. The maximum absolute atomic E-state index is 5.22. The minimum atomic E-state index is -0.0422. The van der Waals surface area contributed by atoms with E-state index < -0.39 is 0 Å². The smallest absolute Gasteiger partial charge is 0.160 e. The zero-order chi connectivity index (χ0) is 38.1. The van der Waals surface area contributed by atoms with Gasteiger partial charge in [0.2, 0.25) is 0 Å². The van der Waals surface area contributed by atoms with E-state index in [1.54, 1.807) is 0 Å². The Morgan fingerprint density at radius 3 is 1.81 bits per heavy atom. The fourth-order valence-corrected chi connectivity index (χ4v) is 9.14. The highest BCUT2D eigenvalue weighted by Crippen LogP contribution is 2.49. The molecule has 0 fully saturated rings. The molecule has 1 aromatic heterocycles. The molecular weight excluding hydrogens is 689 g/mol. The summed E-state index contributed by atoms with van der Waals surface area (Å²) in [5.41, 5.74) is 15.1. The van der Waals surface area contributed by atoms with Crippen LogP contribution in [0, 0.1) is 0 Å². The molecule has 1 aliphatic carbocycles. The van der Waals surface area contributed by atoms with E-state index in [9.17, 15) is 0 Å². The molecule has 11 rings (SSSR count). The van der Waals surface area contributed by atoms with E-state index >= 15 is 0 Å². The van der Waals surface area contributed by atoms with E-state index in [2.05, 4.69) is 190 Å². The third kappa shape index (κ3) is 5.48. The molecular formula is C55H38N2. The Morgan fingerprint density at radius 2 is 0.965 bits per heavy atom. The third-order valence-corrected chi connectivity index (χ3v) is 12.1. The number of rotatable bonds is 5. The lowest BCUT2D eigenvalue weighted by atomic mass is 9.81. The van der Waals surface area contributed by atoms with Crippen LogP contribution in [0.1, 0.15) is 25.0 Å². The van der Waals surface area contributed by atoms with E-state index in [0.29, 0.717) is 5.82 Å². The topological polar surface area (TPSA) is 25.8 Å². The number of fused-ring (bicyclic) bond motifs is 7. The second kappa shape index (κ2) is 13.0. The molecule has 2 heteroatoms. The second-order valence-electron chi connectivity index (χ2n) is 15.8. The van der Waals surface area contributed by atoms with Crippen LogP contribution in [0.15, 0.2) is 194 Å². The molecule has 0 atom stereocenters. The zero-order valence-corrected chi connectivity index (χ0v) is 31.9. The van der Waals surface area contributed by atoms with Crippen molar-refractivity contribution in [3.05, 3.63) is 205 Å². The van der Waals surface area contributed by atoms with Gasteiger partial charge in [0.25, 0.3) is 0 Å². The van der Waals surface area contributed by atoms with Gasteiger partial charge >= 0.3 is 0 Å². The van der Waals surface area contributed by atoms with Crippen LogP contribution in [-0.4, -0.2) is 9.97 Å². The van der Waals surface area contributed by atoms with Crippen molar-refractivity contribution in [1.29, 1.82) is 0 Å². The van der Waals surface area contributed by atoms with Gasteiger partial charge in [-0.15, -0.1) is 0 Å². The first-order valence-electron chi connectivity index (χ1n) is 19.7. The lowest BCUT2D eigenvalue weighted by molar-refractivity contribution is 0.660. The van der Waals surface area contributed by atoms with Gasteiger partial charge in [-0.3, -0.25) is 0 Å². The Bertz CT molecular complexity index is 3190. The van der Waals surface area contributed by atoms with E-state index in [1.807, 2.05) is 18.2 Å². The molecule has 0 unspecified atom stereocenters. The van der Waals surface area contributed by atoms with E-state index in [4.69, 9.17) is 9.97 Å². The van der Waals surface area contributed by atoms with Crippen molar-refractivity contribution in [1.82, 2.24) is 9.97 Å². The summed E-state index contributed by atoms with van der Waals surface area (Å²) in [4.78, 5) is 10.4. The summed E-state index contributed by atoms with van der Waals surface area (Å²) in [5, 5.41) is 7.49. The van der Waals surface area contributed by atoms with Gasteiger partial charge < -0.3 is 0 Å². The quantitative estimate of drug-likeness (QED) is 0.130. The van der Waals surface area contributed by atoms with Crippen molar-refractivity contribution >= 4 is 32.3 Å². The molecule has 10 aromatic rings. The molecule has 0 spiro atoms. The Morgan fingerprint density at radius 1 is 0.333 bits per heavy atom. The highest BCUT2D eigenvalue weighted by molar-refractivity contribution is 6.20. The summed E-state index contributed by atoms with van der Waals surface area (Å²) in [6.45, 7) is 4.67. The molecule has 57 heavy (non-hydrogen) atoms. The minimum Gasteiger partial charge on any atom is -0.228 e. The van der Waals surface area contributed by atoms with E-state index in [0.717, 1.165) is 33.6 Å². The molecule has 268 valence electrons. The van der Waals surface area contributed by atoms with Crippen LogP contribution < -0.4 is 0 Å². The summed E-state index contributed by atoms with van der Waals surface area (Å²) in [6.07, 6.45) is 0. The molecule has 9 aromatic carbocycles. The Hall–Kier alpha value is -7.16. The maximum atomic E-state index is 5.22. The normalized spacial score (nSPS) is 12.9. The van der Waals surface area contributed by atoms with Crippen LogP contribution in [0.2, 0.25) is 0 Å². The van der Waals surface area contributed by atoms with Gasteiger partial charge in [-0.2, -0.15) is 0 Å². The number of hydrogen-bond donors (Lipinski definition) is 0. The summed E-state index contributed by atoms with van der Waals surface area (Å²) in [6, 6.07) is 70.2. The fraction of sp³-hybridized carbons (Fsp3) is 0.0545. The molecule has 2 nitrogen and oxygen atoms in total. The monoisotopic (exact) mass is 726 g/mol. The minimum absolute atomic E-state index is 0.0422. The summed E-state index contributed by atoms with van der Waals surface area (Å²) < 4.78 is 0. The molecule has 0 radical (unpaired) electrons. The van der Waals surface area contributed by atoms with Gasteiger partial charge in [-0.25, -0.2) is 9.97 Å². The molecule has 1 heterocycles. The van der Waals surface area contributed by atoms with E-state index in [-0.39, 0.29) is 5.41 Å². The molecule has 0 saturated carbocycles. The highest BCUT2D eigenvalue weighted by Gasteiger charge is 2.35. The Balaban J connectivity index is 1.02. The Kier molecular flexibility index (Phi) is 7.55. The lowest BCUT2D eigenvalue weighted by Gasteiger charge is -2.22. The summed E-state index contributed by atoms with van der Waals surface area (Å²) in [5.74, 6) is 0.708. The fourth-order valence-electron chi connectivity index (χ4n) is 9.14. The molecule has 1 aliphatic rings. The van der Waals surface area contributed by atoms with Crippen molar-refractivity contribution in [3.8, 4) is 67.3 Å². The Labute approximate surface area is 332 Å². The second-order valence-corrected chi connectivity index (χ2v) is 15.8. The number of benzene rings is 9. The highest BCUT2D eigenvalue weighted by atomic mass is 14.9. The van der Waals surface area contributed by atoms with Crippen molar-refractivity contribution in [3.63, 3.8) is 0 Å². The van der Waals surface area contributed by atoms with E-state index in [1.165, 1.54) is 71.3 Å². The van der Waals surface area contributed by atoms with Gasteiger partial charge in [0, 0.05) is 22.1 Å². The molecule has 0 aliphatic heterocycles. The molecule has 0 N–H and O–H groups in total. The average molecular weight is 727 g/mol. The van der Waals surface area contributed by atoms with Gasteiger partial charge in [0.05, 0.1) is 11.4 Å². The number of aromatic nitrogens is 2. The maximum Gasteiger partial charge on any atom is 0.160 e. The largest absolute Gasteiger partial charge is 0.228 e. The van der Waals surface area contributed by atoms with Crippen molar-refractivity contribution in [2.24, 2.45) is 0 Å². The first-order chi connectivity index (χ1) is 28.0. The lowest BCUT2D eigenvalue weighted by Crippen LogP contribution is -2.14. The number of nitrogens with zero attached hydrogens (tertiary/aromatic N) is 2. The number of hydrogen-bond acceptors (Lipinski definition) is 2. The molecule has 0 bridgehead atoms. The average Bonchev–Trinajstić information content (AvgIpc) is 3.51. The van der Waals surface area contributed by atoms with Gasteiger partial charge in [0.1, 0.15) is 0 Å². The molecule has 0 amide bonds. The summed E-state index contributed by atoms with van der Waals surface area (Å²) >= 11 is 0. The first-order valence-corrected chi connectivity index (χ1v) is 19.7. The predicted octanol–water partition coefficient (Wildman–Crippen LogP) is 14.6. The van der Waals surface area contributed by atoms with Crippen LogP contribution in [0.4, 0.5) is 0 Å². The standard InChI is InChI=1S/C55H38N2/c1-55(2)49-22-11-10-21-45(49)46-29-28-39(33-50(46)55)35-23-25-37(26-24-35)51-34-52(57-54(56-51)38-14-4-3-5-15-38)41-17-12-18-42(31-41)53-44-20-9-7-16-40(44)32-48-43-19-8-6-13-36(43)27-30-47(48)53/h3-34H,1-2H3. The van der Waals surface area contributed by atoms with Crippen molar-refractivity contribution < 1.29 is 0 Å². The van der Waals surface area contributed by atoms with Crippen molar-refractivity contribution in [2.45, 2.75) is 19.3 Å². The van der Waals surface area contributed by atoms with Crippen LogP contribution in [-0.2, 0) is 5.41 Å². The van der Waals surface area contributed by atoms with Gasteiger partial charge in [-0.1, -0.05) is 184 Å². The van der Waals surface area contributed by atoms with Crippen molar-refractivity contribution in [2.75, 3.05) is 0 Å².